The lowest BCUT2D eigenvalue weighted by atomic mass is 9.95. The normalized spacial score (nSPS) is 22.2. The van der Waals surface area contributed by atoms with E-state index >= 15 is 0 Å². The van der Waals surface area contributed by atoms with Gasteiger partial charge in [-0.25, -0.2) is 0 Å². The van der Waals surface area contributed by atoms with Gasteiger partial charge in [0.05, 0.1) is 12.2 Å². The smallest absolute Gasteiger partial charge is 0.169 e. The molecule has 1 heterocycles. The monoisotopic (exact) mass is 625 g/mol. The van der Waals surface area contributed by atoms with Gasteiger partial charge in [-0.05, 0) is 89.9 Å². The summed E-state index contributed by atoms with van der Waals surface area (Å²) < 4.78 is 13.5. The summed E-state index contributed by atoms with van der Waals surface area (Å²) in [7, 11) is 0. The third-order valence-corrected chi connectivity index (χ3v) is 9.89. The lowest BCUT2D eigenvalue weighted by Crippen LogP contribution is -2.31. The number of hydrogen-bond acceptors (Lipinski definition) is 2. The number of fused-ring (bicyclic) bond motifs is 1. The summed E-state index contributed by atoms with van der Waals surface area (Å²) in [5.74, 6) is -0.274. The maximum atomic E-state index is 6.75. The van der Waals surface area contributed by atoms with Gasteiger partial charge in [-0.3, -0.25) is 0 Å². The van der Waals surface area contributed by atoms with E-state index in [1.165, 1.54) is 167 Å². The Labute approximate surface area is 282 Å². The minimum Gasteiger partial charge on any atom is -0.344 e. The molecular weight excluding hydrogens is 548 g/mol. The fraction of sp³-hybridized carbons (Fsp3) is 0.814. The number of unbranched alkanes of at least 4 members (excludes halogenated alkanes) is 18. The fourth-order valence-corrected chi connectivity index (χ4v) is 7.04. The van der Waals surface area contributed by atoms with Crippen LogP contribution in [0.5, 0.6) is 0 Å². The fourth-order valence-electron chi connectivity index (χ4n) is 7.04. The van der Waals surface area contributed by atoms with Gasteiger partial charge in [0.1, 0.15) is 0 Å². The minimum absolute atomic E-state index is 0.274. The molecule has 0 amide bonds. The molecule has 0 spiro atoms. The van der Waals surface area contributed by atoms with Crippen LogP contribution in [0.3, 0.4) is 0 Å². The summed E-state index contributed by atoms with van der Waals surface area (Å²) in [6, 6.07) is 0. The summed E-state index contributed by atoms with van der Waals surface area (Å²) >= 11 is 0. The third-order valence-electron chi connectivity index (χ3n) is 9.89. The van der Waals surface area contributed by atoms with Crippen molar-refractivity contribution in [2.45, 2.75) is 224 Å². The molecule has 45 heavy (non-hydrogen) atoms. The Bertz CT molecular complexity index is 698. The van der Waals surface area contributed by atoms with Gasteiger partial charge in [-0.1, -0.05) is 152 Å². The zero-order valence-electron chi connectivity index (χ0n) is 30.3. The van der Waals surface area contributed by atoms with Crippen molar-refractivity contribution in [1.29, 1.82) is 0 Å². The quantitative estimate of drug-likeness (QED) is 0.0584. The zero-order valence-corrected chi connectivity index (χ0v) is 30.3. The number of hydrogen-bond donors (Lipinski definition) is 0. The molecule has 2 heteroatoms. The van der Waals surface area contributed by atoms with E-state index in [9.17, 15) is 0 Å². The van der Waals surface area contributed by atoms with Crippen molar-refractivity contribution in [2.24, 2.45) is 0 Å². The Morgan fingerprint density at radius 2 is 0.756 bits per heavy atom. The molecule has 1 aliphatic heterocycles. The predicted molar refractivity (Wildman–Crippen MR) is 199 cm³/mol. The van der Waals surface area contributed by atoms with Crippen LogP contribution in [0.25, 0.3) is 0 Å². The van der Waals surface area contributed by atoms with E-state index in [4.69, 9.17) is 9.47 Å². The lowest BCUT2D eigenvalue weighted by molar-refractivity contribution is -0.186. The molecule has 2 aliphatic rings. The van der Waals surface area contributed by atoms with Crippen molar-refractivity contribution < 1.29 is 9.47 Å². The van der Waals surface area contributed by atoms with Gasteiger partial charge in [0.15, 0.2) is 5.79 Å². The molecule has 0 aromatic carbocycles. The molecular formula is C43H76O2. The van der Waals surface area contributed by atoms with Crippen molar-refractivity contribution in [3.63, 3.8) is 0 Å². The Balaban J connectivity index is 1.50. The second-order valence-corrected chi connectivity index (χ2v) is 14.2. The molecule has 2 rings (SSSR count). The summed E-state index contributed by atoms with van der Waals surface area (Å²) in [6.45, 7) is 4.54. The highest BCUT2D eigenvalue weighted by Gasteiger charge is 2.47. The van der Waals surface area contributed by atoms with E-state index in [1.54, 1.807) is 0 Å². The molecule has 2 fully saturated rings. The molecule has 1 saturated carbocycles. The Hall–Kier alpha value is -1.12. The maximum Gasteiger partial charge on any atom is 0.169 e. The van der Waals surface area contributed by atoms with Crippen molar-refractivity contribution >= 4 is 0 Å². The van der Waals surface area contributed by atoms with Crippen LogP contribution in [0, 0.1) is 0 Å². The first-order valence-electron chi connectivity index (χ1n) is 20.3. The van der Waals surface area contributed by atoms with E-state index in [0.29, 0.717) is 12.2 Å². The van der Waals surface area contributed by atoms with E-state index in [-0.39, 0.29) is 5.79 Å². The van der Waals surface area contributed by atoms with Gasteiger partial charge in [0, 0.05) is 12.8 Å². The first kappa shape index (κ1) is 40.1. The van der Waals surface area contributed by atoms with Crippen LogP contribution in [0.15, 0.2) is 48.6 Å². The molecule has 0 N–H and O–H groups in total. The summed E-state index contributed by atoms with van der Waals surface area (Å²) in [4.78, 5) is 0. The van der Waals surface area contributed by atoms with Crippen molar-refractivity contribution in [1.82, 2.24) is 0 Å². The highest BCUT2D eigenvalue weighted by Crippen LogP contribution is 2.42. The standard InChI is InChI=1S/C43H76O2/c1-3-5-7-9-11-13-15-17-19-21-23-25-27-29-31-35-39-43(44-41-37-33-34-38-42(41)45-43)40-36-32-30-28-26-24-22-20-18-16-14-12-10-8-6-4-2/h11-14,17-20,41-42H,3-10,15-16,21-40H2,1-2H3. The van der Waals surface area contributed by atoms with Crippen LogP contribution in [-0.2, 0) is 9.47 Å². The number of ether oxygens (including phenoxy) is 2. The molecule has 0 radical (unpaired) electrons. The molecule has 2 nitrogen and oxygen atoms in total. The van der Waals surface area contributed by atoms with Gasteiger partial charge < -0.3 is 9.47 Å². The first-order valence-corrected chi connectivity index (χ1v) is 20.3. The summed E-state index contributed by atoms with van der Waals surface area (Å²) in [5, 5.41) is 0. The van der Waals surface area contributed by atoms with E-state index in [2.05, 4.69) is 62.5 Å². The average molecular weight is 625 g/mol. The Kier molecular flexibility index (Phi) is 25.9. The van der Waals surface area contributed by atoms with Crippen LogP contribution < -0.4 is 0 Å². The van der Waals surface area contributed by atoms with E-state index in [0.717, 1.165) is 25.7 Å². The predicted octanol–water partition coefficient (Wildman–Crippen LogP) is 14.4. The Morgan fingerprint density at radius 3 is 1.13 bits per heavy atom. The molecule has 2 atom stereocenters. The van der Waals surface area contributed by atoms with Gasteiger partial charge in [-0.2, -0.15) is 0 Å². The molecule has 260 valence electrons. The van der Waals surface area contributed by atoms with E-state index in [1.807, 2.05) is 0 Å². The molecule has 2 unspecified atom stereocenters. The van der Waals surface area contributed by atoms with Crippen LogP contribution in [0.1, 0.15) is 206 Å². The second-order valence-electron chi connectivity index (χ2n) is 14.2. The summed E-state index contributed by atoms with van der Waals surface area (Å²) in [5.41, 5.74) is 0. The third kappa shape index (κ3) is 21.4. The zero-order chi connectivity index (χ0) is 31.9. The van der Waals surface area contributed by atoms with Gasteiger partial charge in [0.25, 0.3) is 0 Å². The van der Waals surface area contributed by atoms with Crippen molar-refractivity contribution in [3.8, 4) is 0 Å². The van der Waals surface area contributed by atoms with Crippen molar-refractivity contribution in [3.05, 3.63) is 48.6 Å². The molecule has 1 saturated heterocycles. The average Bonchev–Trinajstić information content (AvgIpc) is 3.43. The molecule has 0 aromatic rings. The van der Waals surface area contributed by atoms with E-state index < -0.39 is 0 Å². The molecule has 1 aliphatic carbocycles. The van der Waals surface area contributed by atoms with Crippen LogP contribution >= 0.6 is 0 Å². The second kappa shape index (κ2) is 29.1. The van der Waals surface area contributed by atoms with Gasteiger partial charge in [-0.15, -0.1) is 0 Å². The Morgan fingerprint density at radius 1 is 0.422 bits per heavy atom. The largest absolute Gasteiger partial charge is 0.344 e. The lowest BCUT2D eigenvalue weighted by Gasteiger charge is -2.28. The van der Waals surface area contributed by atoms with Crippen LogP contribution in [0.4, 0.5) is 0 Å². The molecule has 0 aromatic heterocycles. The molecule has 0 bridgehead atoms. The minimum atomic E-state index is -0.274. The van der Waals surface area contributed by atoms with Crippen LogP contribution in [-0.4, -0.2) is 18.0 Å². The van der Waals surface area contributed by atoms with Gasteiger partial charge >= 0.3 is 0 Å². The highest BCUT2D eigenvalue weighted by molar-refractivity contribution is 4.94. The van der Waals surface area contributed by atoms with Crippen LogP contribution in [0.2, 0.25) is 0 Å². The maximum absolute atomic E-state index is 6.75. The SMILES string of the molecule is CCCCCC=CCC=CCCCCCCCCC1(CCCCCCCCC=CCC=CCCCCC)OC2CCCCC2O1. The highest BCUT2D eigenvalue weighted by atomic mass is 16.8. The van der Waals surface area contributed by atoms with Crippen molar-refractivity contribution in [2.75, 3.05) is 0 Å². The number of rotatable bonds is 30. The first-order chi connectivity index (χ1) is 22.3. The van der Waals surface area contributed by atoms with Gasteiger partial charge in [0.2, 0.25) is 0 Å². The summed E-state index contributed by atoms with van der Waals surface area (Å²) in [6.07, 6.45) is 58.1. The number of allylic oxidation sites excluding steroid dienone is 8. The topological polar surface area (TPSA) is 18.5 Å².